The molecule has 238 valence electrons. The molecule has 0 unspecified atom stereocenters. The van der Waals surface area contributed by atoms with Crippen LogP contribution in [0, 0.1) is 41.0 Å². The van der Waals surface area contributed by atoms with Gasteiger partial charge in [-0.2, -0.15) is 8.78 Å². The van der Waals surface area contributed by atoms with Crippen LogP contribution >= 0.6 is 11.6 Å². The fourth-order valence-electron chi connectivity index (χ4n) is 6.28. The molecule has 1 aliphatic carbocycles. The maximum Gasteiger partial charge on any atom is 0.432 e. The molecule has 0 spiro atoms. The molecule has 1 saturated carbocycles. The van der Waals surface area contributed by atoms with Gasteiger partial charge in [0.15, 0.2) is 6.29 Å². The topological polar surface area (TPSA) is 27.7 Å². The van der Waals surface area contributed by atoms with Crippen LogP contribution in [0.25, 0.3) is 11.1 Å². The quantitative estimate of drug-likeness (QED) is 0.163. The minimum Gasteiger partial charge on any atom is -0.429 e. The van der Waals surface area contributed by atoms with Gasteiger partial charge in [0.05, 0.1) is 18.2 Å². The van der Waals surface area contributed by atoms with Crippen LogP contribution in [0.1, 0.15) is 75.7 Å². The molecule has 10 heteroatoms. The van der Waals surface area contributed by atoms with Gasteiger partial charge in [-0.3, -0.25) is 0 Å². The first-order valence-electron chi connectivity index (χ1n) is 15.1. The normalized spacial score (nSPS) is 22.6. The summed E-state index contributed by atoms with van der Waals surface area (Å²) in [6, 6.07) is 7.74. The summed E-state index contributed by atoms with van der Waals surface area (Å²) in [4.78, 5) is 0. The van der Waals surface area contributed by atoms with Crippen LogP contribution in [0.5, 0.6) is 5.75 Å². The summed E-state index contributed by atoms with van der Waals surface area (Å²) in [5, 5.41) is -0.167. The smallest absolute Gasteiger partial charge is 0.429 e. The van der Waals surface area contributed by atoms with Gasteiger partial charge in [-0.1, -0.05) is 63.1 Å². The lowest BCUT2D eigenvalue weighted by Gasteiger charge is -2.38. The lowest BCUT2D eigenvalue weighted by Crippen LogP contribution is -2.34. The van der Waals surface area contributed by atoms with Gasteiger partial charge in [-0.05, 0) is 66.6 Å². The fraction of sp³-hybridized carbons (Fsp3) is 0.471. The third kappa shape index (κ3) is 7.54. The number of unbranched alkanes of at least 4 members (excludes halogenated alkanes) is 2. The number of rotatable bonds is 10. The molecule has 5 rings (SSSR count). The first-order chi connectivity index (χ1) is 21.1. The summed E-state index contributed by atoms with van der Waals surface area (Å²) in [5.74, 6) is -4.22. The van der Waals surface area contributed by atoms with E-state index in [0.29, 0.717) is 25.2 Å². The molecule has 0 atom stereocenters. The van der Waals surface area contributed by atoms with Crippen molar-refractivity contribution in [3.8, 4) is 16.9 Å². The van der Waals surface area contributed by atoms with Crippen molar-refractivity contribution >= 4 is 11.6 Å². The summed E-state index contributed by atoms with van der Waals surface area (Å²) >= 11 is 5.65. The summed E-state index contributed by atoms with van der Waals surface area (Å²) in [5.41, 5.74) is -1.69. The Hall–Kier alpha value is -2.75. The number of ether oxygens (including phenoxy) is 3. The molecule has 0 N–H and O–H groups in total. The predicted octanol–water partition coefficient (Wildman–Crippen LogP) is 10.7. The van der Waals surface area contributed by atoms with Crippen LogP contribution in [0.4, 0.5) is 26.3 Å². The van der Waals surface area contributed by atoms with Gasteiger partial charge in [0.1, 0.15) is 34.6 Å². The highest BCUT2D eigenvalue weighted by atomic mass is 35.5. The van der Waals surface area contributed by atoms with E-state index in [-0.39, 0.29) is 27.6 Å². The molecule has 3 aromatic carbocycles. The highest BCUT2D eigenvalue weighted by Crippen LogP contribution is 2.41. The SMILES string of the molecule is CCCCCC1CCC(C2COC(c3cc(F)c(C(F)(F)Oc4ccc(-c5ccc(Cl)c(F)c5)c(F)c4)c(F)c3)OC2)CC1. The van der Waals surface area contributed by atoms with E-state index in [1.807, 2.05) is 0 Å². The predicted molar refractivity (Wildman–Crippen MR) is 155 cm³/mol. The molecule has 2 aliphatic rings. The van der Waals surface area contributed by atoms with E-state index in [1.165, 1.54) is 50.7 Å². The summed E-state index contributed by atoms with van der Waals surface area (Å²) in [6.45, 7) is 2.91. The zero-order valence-corrected chi connectivity index (χ0v) is 25.1. The fourth-order valence-corrected chi connectivity index (χ4v) is 6.39. The molecule has 0 bridgehead atoms. The molecule has 1 aliphatic heterocycles. The van der Waals surface area contributed by atoms with E-state index in [2.05, 4.69) is 11.7 Å². The minimum absolute atomic E-state index is 0.0665. The molecular weight excluding hydrogens is 606 g/mol. The van der Waals surface area contributed by atoms with Crippen molar-refractivity contribution in [2.75, 3.05) is 13.2 Å². The molecule has 3 nitrogen and oxygen atoms in total. The van der Waals surface area contributed by atoms with E-state index >= 15 is 8.78 Å². The van der Waals surface area contributed by atoms with Gasteiger partial charge < -0.3 is 14.2 Å². The Kier molecular flexibility index (Phi) is 10.5. The van der Waals surface area contributed by atoms with Gasteiger partial charge in [-0.25, -0.2) is 17.6 Å². The molecule has 0 aromatic heterocycles. The number of alkyl halides is 2. The standard InChI is InChI=1S/C34H35ClF6O3/c1-2-3-4-5-20-6-8-21(9-7-20)24-18-42-33(43-19-24)23-15-30(38)32(31(39)16-23)34(40,41)44-25-11-12-26(28(36)17-25)22-10-13-27(35)29(37)14-22/h10-17,20-21,24,33H,2-9,18-19H2,1H3. The van der Waals surface area contributed by atoms with Crippen LogP contribution < -0.4 is 4.74 Å². The second kappa shape index (κ2) is 14.1. The Balaban J connectivity index is 1.20. The van der Waals surface area contributed by atoms with Gasteiger partial charge in [0, 0.05) is 23.1 Å². The van der Waals surface area contributed by atoms with Crippen LogP contribution in [-0.4, -0.2) is 13.2 Å². The van der Waals surface area contributed by atoms with Gasteiger partial charge in [0.2, 0.25) is 0 Å². The number of hydrogen-bond acceptors (Lipinski definition) is 3. The van der Waals surface area contributed by atoms with Gasteiger partial charge in [-0.15, -0.1) is 0 Å². The average molecular weight is 641 g/mol. The van der Waals surface area contributed by atoms with Crippen molar-refractivity contribution in [2.24, 2.45) is 17.8 Å². The summed E-state index contributed by atoms with van der Waals surface area (Å²) in [6.07, 6.45) is 4.00. The van der Waals surface area contributed by atoms with Crippen LogP contribution in [-0.2, 0) is 15.6 Å². The van der Waals surface area contributed by atoms with Crippen molar-refractivity contribution < 1.29 is 40.6 Å². The summed E-state index contributed by atoms with van der Waals surface area (Å²) < 4.78 is 105. The van der Waals surface area contributed by atoms with Crippen LogP contribution in [0.2, 0.25) is 5.02 Å². The first kappa shape index (κ1) is 32.6. The highest BCUT2D eigenvalue weighted by molar-refractivity contribution is 6.30. The zero-order chi connectivity index (χ0) is 31.4. The van der Waals surface area contributed by atoms with Crippen molar-refractivity contribution in [3.05, 3.63) is 87.9 Å². The number of halogens is 7. The minimum atomic E-state index is -4.48. The molecule has 0 amide bonds. The van der Waals surface area contributed by atoms with E-state index in [9.17, 15) is 17.6 Å². The maximum absolute atomic E-state index is 15.0. The molecule has 0 radical (unpaired) electrons. The molecule has 1 heterocycles. The lowest BCUT2D eigenvalue weighted by molar-refractivity contribution is -0.215. The van der Waals surface area contributed by atoms with Crippen molar-refractivity contribution in [1.29, 1.82) is 0 Å². The van der Waals surface area contributed by atoms with Crippen LogP contribution in [0.15, 0.2) is 48.5 Å². The first-order valence-corrected chi connectivity index (χ1v) is 15.5. The van der Waals surface area contributed by atoms with Crippen LogP contribution in [0.3, 0.4) is 0 Å². The van der Waals surface area contributed by atoms with E-state index < -0.39 is 47.0 Å². The molecule has 3 aromatic rings. The molecular formula is C34H35ClF6O3. The lowest BCUT2D eigenvalue weighted by atomic mass is 9.74. The summed E-state index contributed by atoms with van der Waals surface area (Å²) in [7, 11) is 0. The largest absolute Gasteiger partial charge is 0.432 e. The van der Waals surface area contributed by atoms with Crippen molar-refractivity contribution in [3.63, 3.8) is 0 Å². The number of benzene rings is 3. The van der Waals surface area contributed by atoms with Crippen molar-refractivity contribution in [2.45, 2.75) is 70.7 Å². The monoisotopic (exact) mass is 640 g/mol. The highest BCUT2D eigenvalue weighted by Gasteiger charge is 2.42. The Bertz CT molecular complexity index is 1410. The third-order valence-corrected chi connectivity index (χ3v) is 9.05. The Morgan fingerprint density at radius 2 is 1.48 bits per heavy atom. The molecule has 2 fully saturated rings. The molecule has 44 heavy (non-hydrogen) atoms. The second-order valence-corrected chi connectivity index (χ2v) is 12.2. The number of hydrogen-bond donors (Lipinski definition) is 0. The Morgan fingerprint density at radius 1 is 0.795 bits per heavy atom. The average Bonchev–Trinajstić information content (AvgIpc) is 2.98. The third-order valence-electron chi connectivity index (χ3n) is 8.74. The van der Waals surface area contributed by atoms with Gasteiger partial charge >= 0.3 is 6.11 Å². The Morgan fingerprint density at radius 3 is 2.09 bits per heavy atom. The van der Waals surface area contributed by atoms with E-state index in [0.717, 1.165) is 49.1 Å². The van der Waals surface area contributed by atoms with E-state index in [1.54, 1.807) is 0 Å². The molecule has 1 saturated heterocycles. The Labute approximate surface area is 258 Å². The van der Waals surface area contributed by atoms with Crippen molar-refractivity contribution in [1.82, 2.24) is 0 Å². The maximum atomic E-state index is 15.0. The zero-order valence-electron chi connectivity index (χ0n) is 24.4. The van der Waals surface area contributed by atoms with E-state index in [4.69, 9.17) is 21.1 Å². The second-order valence-electron chi connectivity index (χ2n) is 11.8. The van der Waals surface area contributed by atoms with Gasteiger partial charge in [0.25, 0.3) is 0 Å².